The minimum Gasteiger partial charge on any atom is -0.368 e. The van der Waals surface area contributed by atoms with Gasteiger partial charge in [-0.05, 0) is 35.4 Å². The number of rotatable bonds is 5. The standard InChI is InChI=1S/C15H15BrClNO/c16-13-5-1-3-11(7-13)10-19-15(9-18)12-4-2-6-14(17)8-12/h1-8,15H,9-10,18H2. The highest BCUT2D eigenvalue weighted by Gasteiger charge is 2.10. The molecule has 1 unspecified atom stereocenters. The van der Waals surface area contributed by atoms with E-state index in [1.54, 1.807) is 0 Å². The van der Waals surface area contributed by atoms with Crippen LogP contribution in [0.3, 0.4) is 0 Å². The van der Waals surface area contributed by atoms with Crippen LogP contribution in [0.5, 0.6) is 0 Å². The Balaban J connectivity index is 2.04. The molecule has 0 bridgehead atoms. The zero-order chi connectivity index (χ0) is 13.7. The van der Waals surface area contributed by atoms with Gasteiger partial charge in [0.25, 0.3) is 0 Å². The highest BCUT2D eigenvalue weighted by atomic mass is 79.9. The average molecular weight is 341 g/mol. The second-order valence-corrected chi connectivity index (χ2v) is 5.57. The summed E-state index contributed by atoms with van der Waals surface area (Å²) in [5, 5.41) is 0.696. The third-order valence-electron chi connectivity index (χ3n) is 2.77. The van der Waals surface area contributed by atoms with E-state index < -0.39 is 0 Å². The Hall–Kier alpha value is -0.870. The molecular formula is C15H15BrClNO. The summed E-state index contributed by atoms with van der Waals surface area (Å²) in [5.41, 5.74) is 7.88. The molecule has 19 heavy (non-hydrogen) atoms. The van der Waals surface area contributed by atoms with Crippen LogP contribution >= 0.6 is 27.5 Å². The molecule has 2 nitrogen and oxygen atoms in total. The molecule has 0 saturated heterocycles. The molecule has 100 valence electrons. The maximum atomic E-state index is 5.98. The molecule has 2 aromatic carbocycles. The van der Waals surface area contributed by atoms with Gasteiger partial charge in [-0.3, -0.25) is 0 Å². The lowest BCUT2D eigenvalue weighted by Crippen LogP contribution is -2.15. The van der Waals surface area contributed by atoms with Crippen molar-refractivity contribution in [2.45, 2.75) is 12.7 Å². The summed E-state index contributed by atoms with van der Waals surface area (Å²) in [4.78, 5) is 0. The topological polar surface area (TPSA) is 35.2 Å². The summed E-state index contributed by atoms with van der Waals surface area (Å²) < 4.78 is 6.91. The maximum absolute atomic E-state index is 5.98. The Morgan fingerprint density at radius 3 is 2.63 bits per heavy atom. The zero-order valence-corrected chi connectivity index (χ0v) is 12.7. The summed E-state index contributed by atoms with van der Waals surface area (Å²) in [7, 11) is 0. The van der Waals surface area contributed by atoms with Gasteiger partial charge in [0.2, 0.25) is 0 Å². The van der Waals surface area contributed by atoms with Gasteiger partial charge in [0.1, 0.15) is 0 Å². The minimum atomic E-state index is -0.141. The van der Waals surface area contributed by atoms with Crippen LogP contribution in [0.2, 0.25) is 5.02 Å². The average Bonchev–Trinajstić information content (AvgIpc) is 2.40. The lowest BCUT2D eigenvalue weighted by Gasteiger charge is -2.17. The molecule has 4 heteroatoms. The molecule has 0 amide bonds. The Bertz CT molecular complexity index is 547. The van der Waals surface area contributed by atoms with E-state index in [1.807, 2.05) is 48.5 Å². The van der Waals surface area contributed by atoms with E-state index in [9.17, 15) is 0 Å². The van der Waals surface area contributed by atoms with Crippen LogP contribution in [0.25, 0.3) is 0 Å². The SMILES string of the molecule is NCC(OCc1cccc(Br)c1)c1cccc(Cl)c1. The van der Waals surface area contributed by atoms with Gasteiger partial charge in [-0.2, -0.15) is 0 Å². The van der Waals surface area contributed by atoms with E-state index >= 15 is 0 Å². The summed E-state index contributed by atoms with van der Waals surface area (Å²) in [5.74, 6) is 0. The fourth-order valence-electron chi connectivity index (χ4n) is 1.83. The van der Waals surface area contributed by atoms with Gasteiger partial charge in [-0.1, -0.05) is 51.8 Å². The molecule has 0 aliphatic carbocycles. The van der Waals surface area contributed by atoms with Gasteiger partial charge in [0.05, 0.1) is 12.7 Å². The molecule has 0 aromatic heterocycles. The second-order valence-electron chi connectivity index (χ2n) is 4.22. The fraction of sp³-hybridized carbons (Fsp3) is 0.200. The van der Waals surface area contributed by atoms with Crippen molar-refractivity contribution in [2.75, 3.05) is 6.54 Å². The number of ether oxygens (including phenoxy) is 1. The Morgan fingerprint density at radius 2 is 1.95 bits per heavy atom. The van der Waals surface area contributed by atoms with Crippen LogP contribution in [0.1, 0.15) is 17.2 Å². The molecule has 0 fully saturated rings. The van der Waals surface area contributed by atoms with E-state index in [0.29, 0.717) is 18.2 Å². The van der Waals surface area contributed by atoms with Gasteiger partial charge < -0.3 is 10.5 Å². The quantitative estimate of drug-likeness (QED) is 0.880. The van der Waals surface area contributed by atoms with Gasteiger partial charge in [0.15, 0.2) is 0 Å². The van der Waals surface area contributed by atoms with Crippen molar-refractivity contribution in [3.05, 3.63) is 69.2 Å². The Labute approximate surface area is 126 Å². The van der Waals surface area contributed by atoms with Crippen LogP contribution in [0.15, 0.2) is 53.0 Å². The highest BCUT2D eigenvalue weighted by molar-refractivity contribution is 9.10. The Kier molecular flexibility index (Phi) is 5.40. The fourth-order valence-corrected chi connectivity index (χ4v) is 2.48. The van der Waals surface area contributed by atoms with Crippen LogP contribution in [0, 0.1) is 0 Å². The molecule has 0 heterocycles. The summed E-state index contributed by atoms with van der Waals surface area (Å²) in [6.07, 6.45) is -0.141. The van der Waals surface area contributed by atoms with E-state index in [0.717, 1.165) is 15.6 Å². The third-order valence-corrected chi connectivity index (χ3v) is 3.50. The molecule has 2 rings (SSSR count). The smallest absolute Gasteiger partial charge is 0.0952 e. The van der Waals surface area contributed by atoms with Crippen molar-refractivity contribution in [3.63, 3.8) is 0 Å². The number of hydrogen-bond donors (Lipinski definition) is 1. The highest BCUT2D eigenvalue weighted by Crippen LogP contribution is 2.22. The van der Waals surface area contributed by atoms with Crippen LogP contribution in [-0.2, 0) is 11.3 Å². The lowest BCUT2D eigenvalue weighted by atomic mass is 10.1. The first kappa shape index (κ1) is 14.5. The molecule has 0 aliphatic rings. The first-order valence-corrected chi connectivity index (χ1v) is 7.17. The first-order valence-electron chi connectivity index (χ1n) is 6.00. The van der Waals surface area contributed by atoms with E-state index in [1.165, 1.54) is 0 Å². The predicted octanol–water partition coefficient (Wildman–Crippen LogP) is 4.32. The van der Waals surface area contributed by atoms with Gasteiger partial charge in [-0.15, -0.1) is 0 Å². The van der Waals surface area contributed by atoms with Crippen LogP contribution < -0.4 is 5.73 Å². The normalized spacial score (nSPS) is 12.4. The van der Waals surface area contributed by atoms with Crippen molar-refractivity contribution in [2.24, 2.45) is 5.73 Å². The van der Waals surface area contributed by atoms with E-state index in [4.69, 9.17) is 22.1 Å². The van der Waals surface area contributed by atoms with Crippen LogP contribution in [0.4, 0.5) is 0 Å². The van der Waals surface area contributed by atoms with E-state index in [2.05, 4.69) is 15.9 Å². The zero-order valence-electron chi connectivity index (χ0n) is 10.4. The summed E-state index contributed by atoms with van der Waals surface area (Å²) in [6.45, 7) is 0.947. The van der Waals surface area contributed by atoms with Crippen molar-refractivity contribution in [1.82, 2.24) is 0 Å². The molecule has 2 aromatic rings. The number of nitrogens with two attached hydrogens (primary N) is 1. The van der Waals surface area contributed by atoms with Crippen molar-refractivity contribution < 1.29 is 4.74 Å². The molecular weight excluding hydrogens is 326 g/mol. The maximum Gasteiger partial charge on any atom is 0.0952 e. The molecule has 1 atom stereocenters. The number of halogens is 2. The first-order chi connectivity index (χ1) is 9.19. The number of benzene rings is 2. The van der Waals surface area contributed by atoms with Gasteiger partial charge in [0, 0.05) is 16.0 Å². The monoisotopic (exact) mass is 339 g/mol. The molecule has 0 saturated carbocycles. The van der Waals surface area contributed by atoms with Crippen molar-refractivity contribution >= 4 is 27.5 Å². The van der Waals surface area contributed by atoms with Crippen LogP contribution in [-0.4, -0.2) is 6.54 Å². The Morgan fingerprint density at radius 1 is 1.16 bits per heavy atom. The lowest BCUT2D eigenvalue weighted by molar-refractivity contribution is 0.0456. The number of hydrogen-bond acceptors (Lipinski definition) is 2. The summed E-state index contributed by atoms with van der Waals surface area (Å²) in [6, 6.07) is 15.6. The van der Waals surface area contributed by atoms with Crippen molar-refractivity contribution in [1.29, 1.82) is 0 Å². The third kappa shape index (κ3) is 4.32. The molecule has 0 radical (unpaired) electrons. The molecule has 2 N–H and O–H groups in total. The van der Waals surface area contributed by atoms with Gasteiger partial charge in [-0.25, -0.2) is 0 Å². The molecule has 0 spiro atoms. The largest absolute Gasteiger partial charge is 0.368 e. The molecule has 0 aliphatic heterocycles. The second kappa shape index (κ2) is 7.06. The minimum absolute atomic E-state index is 0.141. The predicted molar refractivity (Wildman–Crippen MR) is 82.2 cm³/mol. The van der Waals surface area contributed by atoms with E-state index in [-0.39, 0.29) is 6.10 Å². The van der Waals surface area contributed by atoms with Gasteiger partial charge >= 0.3 is 0 Å². The van der Waals surface area contributed by atoms with Crippen molar-refractivity contribution in [3.8, 4) is 0 Å². The summed E-state index contributed by atoms with van der Waals surface area (Å²) >= 11 is 9.42.